The van der Waals surface area contributed by atoms with Gasteiger partial charge in [-0.05, 0) is 41.9 Å². The van der Waals surface area contributed by atoms with E-state index in [9.17, 15) is 13.2 Å². The van der Waals surface area contributed by atoms with E-state index in [-0.39, 0.29) is 22.9 Å². The SMILES string of the molecule is Cc1oc(C)c(S(=O)(=O)Nc2ncccc2Br)c1C(=O)O. The zero-order valence-corrected chi connectivity index (χ0v) is 13.4. The Balaban J connectivity index is 2.56. The van der Waals surface area contributed by atoms with E-state index in [0.717, 1.165) is 0 Å². The highest BCUT2D eigenvalue weighted by atomic mass is 79.9. The number of aryl methyl sites for hydroxylation is 2. The standard InChI is InChI=1S/C12H11BrN2O5S/c1-6-9(12(16)17)10(7(2)20-6)21(18,19)15-11-8(13)4-3-5-14-11/h3-5H,1-2H3,(H,14,15)(H,16,17). The van der Waals surface area contributed by atoms with Crippen LogP contribution in [0.25, 0.3) is 0 Å². The third kappa shape index (κ3) is 2.93. The predicted molar refractivity (Wildman–Crippen MR) is 77.9 cm³/mol. The van der Waals surface area contributed by atoms with Crippen molar-refractivity contribution < 1.29 is 22.7 Å². The highest BCUT2D eigenvalue weighted by molar-refractivity contribution is 9.10. The molecule has 7 nitrogen and oxygen atoms in total. The number of carboxylic acid groups (broad SMARTS) is 1. The minimum Gasteiger partial charge on any atom is -0.478 e. The molecule has 0 unspecified atom stereocenters. The summed E-state index contributed by atoms with van der Waals surface area (Å²) in [7, 11) is -4.14. The van der Waals surface area contributed by atoms with E-state index >= 15 is 0 Å². The average Bonchev–Trinajstić information content (AvgIpc) is 2.67. The molecule has 9 heteroatoms. The van der Waals surface area contributed by atoms with Gasteiger partial charge in [-0.3, -0.25) is 4.72 Å². The largest absolute Gasteiger partial charge is 0.478 e. The lowest BCUT2D eigenvalue weighted by molar-refractivity contribution is 0.0691. The molecule has 21 heavy (non-hydrogen) atoms. The molecule has 0 radical (unpaired) electrons. The van der Waals surface area contributed by atoms with Crippen LogP contribution in [0.4, 0.5) is 5.82 Å². The van der Waals surface area contributed by atoms with E-state index in [1.54, 1.807) is 12.1 Å². The van der Waals surface area contributed by atoms with Gasteiger partial charge < -0.3 is 9.52 Å². The lowest BCUT2D eigenvalue weighted by Gasteiger charge is -2.08. The van der Waals surface area contributed by atoms with Gasteiger partial charge in [0.1, 0.15) is 22.0 Å². The summed E-state index contributed by atoms with van der Waals surface area (Å²) in [4.78, 5) is 14.7. The zero-order chi connectivity index (χ0) is 15.8. The van der Waals surface area contributed by atoms with Gasteiger partial charge in [0.25, 0.3) is 10.0 Å². The second kappa shape index (κ2) is 5.49. The van der Waals surface area contributed by atoms with Crippen LogP contribution < -0.4 is 4.72 Å². The number of aromatic nitrogens is 1. The van der Waals surface area contributed by atoms with Gasteiger partial charge in [0.2, 0.25) is 0 Å². The first-order chi connectivity index (χ1) is 9.74. The van der Waals surface area contributed by atoms with E-state index in [1.165, 1.54) is 20.0 Å². The van der Waals surface area contributed by atoms with Gasteiger partial charge in [0.15, 0.2) is 5.82 Å². The second-order valence-corrected chi connectivity index (χ2v) is 6.64. The molecule has 0 spiro atoms. The molecule has 2 N–H and O–H groups in total. The highest BCUT2D eigenvalue weighted by Crippen LogP contribution is 2.29. The Kier molecular flexibility index (Phi) is 4.06. The molecule has 0 aliphatic carbocycles. The van der Waals surface area contributed by atoms with E-state index < -0.39 is 20.9 Å². The third-order valence-corrected chi connectivity index (χ3v) is 4.81. The third-order valence-electron chi connectivity index (χ3n) is 2.68. The van der Waals surface area contributed by atoms with Crippen LogP contribution >= 0.6 is 15.9 Å². The summed E-state index contributed by atoms with van der Waals surface area (Å²) in [5.74, 6) is -1.28. The summed E-state index contributed by atoms with van der Waals surface area (Å²) in [6.07, 6.45) is 1.41. The molecule has 2 aromatic rings. The Bertz CT molecular complexity index is 813. The lowest BCUT2D eigenvalue weighted by Crippen LogP contribution is -2.17. The molecule has 0 aromatic carbocycles. The molecule has 0 saturated heterocycles. The van der Waals surface area contributed by atoms with Crippen LogP contribution in [0.3, 0.4) is 0 Å². The number of rotatable bonds is 4. The van der Waals surface area contributed by atoms with Gasteiger partial charge in [-0.1, -0.05) is 0 Å². The first-order valence-electron chi connectivity index (χ1n) is 5.70. The normalized spacial score (nSPS) is 11.4. The molecule has 0 fully saturated rings. The Morgan fingerprint density at radius 2 is 2.05 bits per heavy atom. The number of carboxylic acids is 1. The van der Waals surface area contributed by atoms with Crippen molar-refractivity contribution >= 4 is 37.7 Å². The van der Waals surface area contributed by atoms with Crippen LogP contribution in [0.2, 0.25) is 0 Å². The van der Waals surface area contributed by atoms with Gasteiger partial charge in [-0.2, -0.15) is 0 Å². The number of carbonyl (C=O) groups is 1. The summed E-state index contributed by atoms with van der Waals surface area (Å²) in [5.41, 5.74) is -0.382. The van der Waals surface area contributed by atoms with Crippen LogP contribution in [-0.2, 0) is 10.0 Å². The average molecular weight is 375 g/mol. The number of hydrogen-bond donors (Lipinski definition) is 2. The maximum absolute atomic E-state index is 12.4. The molecule has 0 aliphatic heterocycles. The molecule has 0 aliphatic rings. The number of aromatic carboxylic acids is 1. The molecular weight excluding hydrogens is 364 g/mol. The van der Waals surface area contributed by atoms with Crippen molar-refractivity contribution in [1.29, 1.82) is 0 Å². The van der Waals surface area contributed by atoms with Crippen LogP contribution in [-0.4, -0.2) is 24.5 Å². The number of halogens is 1. The molecule has 2 rings (SSSR count). The maximum Gasteiger partial charge on any atom is 0.340 e. The van der Waals surface area contributed by atoms with E-state index in [4.69, 9.17) is 9.52 Å². The molecule has 2 aromatic heterocycles. The lowest BCUT2D eigenvalue weighted by atomic mass is 10.2. The van der Waals surface area contributed by atoms with Crippen LogP contribution in [0, 0.1) is 13.8 Å². The second-order valence-electron chi connectivity index (χ2n) is 4.16. The van der Waals surface area contributed by atoms with Gasteiger partial charge in [-0.15, -0.1) is 0 Å². The number of anilines is 1. The topological polar surface area (TPSA) is 110 Å². The van der Waals surface area contributed by atoms with Crippen LogP contribution in [0.1, 0.15) is 21.9 Å². The Labute approximate surface area is 129 Å². The maximum atomic E-state index is 12.4. The Morgan fingerprint density at radius 3 is 2.62 bits per heavy atom. The number of sulfonamides is 1. The van der Waals surface area contributed by atoms with Crippen molar-refractivity contribution in [2.75, 3.05) is 4.72 Å². The van der Waals surface area contributed by atoms with Crippen molar-refractivity contribution in [2.24, 2.45) is 0 Å². The number of furan rings is 1. The Hall–Kier alpha value is -1.87. The van der Waals surface area contributed by atoms with Gasteiger partial charge >= 0.3 is 5.97 Å². The van der Waals surface area contributed by atoms with Crippen molar-refractivity contribution in [1.82, 2.24) is 4.98 Å². The molecule has 0 saturated carbocycles. The Morgan fingerprint density at radius 1 is 1.38 bits per heavy atom. The van der Waals surface area contributed by atoms with Gasteiger partial charge in [-0.25, -0.2) is 18.2 Å². The molecule has 0 amide bonds. The number of nitrogens with zero attached hydrogens (tertiary/aromatic N) is 1. The van der Waals surface area contributed by atoms with Crippen LogP contribution in [0.5, 0.6) is 0 Å². The number of nitrogens with one attached hydrogen (secondary N) is 1. The molecule has 0 bridgehead atoms. The summed E-state index contributed by atoms with van der Waals surface area (Å²) in [6, 6.07) is 3.23. The highest BCUT2D eigenvalue weighted by Gasteiger charge is 2.31. The van der Waals surface area contributed by atoms with Crippen molar-refractivity contribution in [3.05, 3.63) is 39.9 Å². The van der Waals surface area contributed by atoms with Crippen LogP contribution in [0.15, 0.2) is 32.1 Å². The van der Waals surface area contributed by atoms with Crippen molar-refractivity contribution in [3.8, 4) is 0 Å². The smallest absolute Gasteiger partial charge is 0.340 e. The quantitative estimate of drug-likeness (QED) is 0.850. The van der Waals surface area contributed by atoms with E-state index in [1.807, 2.05) is 0 Å². The minimum absolute atomic E-state index is 0.00412. The van der Waals surface area contributed by atoms with Crippen molar-refractivity contribution in [2.45, 2.75) is 18.7 Å². The summed E-state index contributed by atoms with van der Waals surface area (Å²) < 4.78 is 32.6. The fraction of sp³-hybridized carbons (Fsp3) is 0.167. The summed E-state index contributed by atoms with van der Waals surface area (Å²) in [5, 5.41) is 9.17. The first-order valence-corrected chi connectivity index (χ1v) is 7.98. The number of pyridine rings is 1. The molecule has 2 heterocycles. The fourth-order valence-corrected chi connectivity index (χ4v) is 3.80. The zero-order valence-electron chi connectivity index (χ0n) is 11.0. The molecule has 112 valence electrons. The van der Waals surface area contributed by atoms with Gasteiger partial charge in [0.05, 0.1) is 4.47 Å². The van der Waals surface area contributed by atoms with E-state index in [2.05, 4.69) is 25.6 Å². The monoisotopic (exact) mass is 374 g/mol. The first kappa shape index (κ1) is 15.5. The van der Waals surface area contributed by atoms with Crippen molar-refractivity contribution in [3.63, 3.8) is 0 Å². The summed E-state index contributed by atoms with van der Waals surface area (Å²) in [6.45, 7) is 2.79. The summed E-state index contributed by atoms with van der Waals surface area (Å²) >= 11 is 3.16. The van der Waals surface area contributed by atoms with Gasteiger partial charge in [0, 0.05) is 6.20 Å². The fourth-order valence-electron chi connectivity index (χ4n) is 1.87. The predicted octanol–water partition coefficient (Wildman–Crippen LogP) is 2.55. The molecular formula is C12H11BrN2O5S. The number of hydrogen-bond acceptors (Lipinski definition) is 5. The van der Waals surface area contributed by atoms with E-state index in [0.29, 0.717) is 4.47 Å². The molecule has 0 atom stereocenters. The minimum atomic E-state index is -4.14.